The lowest BCUT2D eigenvalue weighted by Gasteiger charge is -2.39. The van der Waals surface area contributed by atoms with Crippen LogP contribution in [-0.4, -0.2) is 42.7 Å². The second-order valence-electron chi connectivity index (χ2n) is 4.72. The molecule has 0 aromatic heterocycles. The van der Waals surface area contributed by atoms with Crippen molar-refractivity contribution in [3.8, 4) is 0 Å². The summed E-state index contributed by atoms with van der Waals surface area (Å²) in [7, 11) is -3.85. The third-order valence-corrected chi connectivity index (χ3v) is 4.33. The number of hydrogen-bond donors (Lipinski definition) is 2. The Morgan fingerprint density at radius 1 is 1.35 bits per heavy atom. The van der Waals surface area contributed by atoms with Gasteiger partial charge in [0, 0.05) is 6.04 Å². The largest absolute Gasteiger partial charge is 0.294 e. The van der Waals surface area contributed by atoms with Crippen LogP contribution in [0.4, 0.5) is 0 Å². The van der Waals surface area contributed by atoms with Crippen molar-refractivity contribution >= 4 is 22.0 Å². The number of amides is 2. The van der Waals surface area contributed by atoms with Crippen LogP contribution in [0.3, 0.4) is 0 Å². The average molecular weight is 263 g/mol. The topological polar surface area (TPSA) is 95.6 Å². The first kappa shape index (κ1) is 14.1. The molecule has 1 aliphatic rings. The zero-order chi connectivity index (χ0) is 13.4. The van der Waals surface area contributed by atoms with Crippen molar-refractivity contribution in [1.82, 2.24) is 14.3 Å². The van der Waals surface area contributed by atoms with Gasteiger partial charge in [-0.3, -0.25) is 14.9 Å². The smallest absolute Gasteiger partial charge is 0.281 e. The van der Waals surface area contributed by atoms with E-state index in [-0.39, 0.29) is 12.6 Å². The zero-order valence-corrected chi connectivity index (χ0v) is 11.1. The van der Waals surface area contributed by atoms with Crippen LogP contribution in [0.5, 0.6) is 0 Å². The number of imide groups is 1. The summed E-state index contributed by atoms with van der Waals surface area (Å²) in [6.45, 7) is 5.87. The summed E-state index contributed by atoms with van der Waals surface area (Å²) in [6.07, 6.45) is 0. The van der Waals surface area contributed by atoms with Crippen molar-refractivity contribution in [1.29, 1.82) is 0 Å². The fraction of sp³-hybridized carbons (Fsp3) is 0.778. The van der Waals surface area contributed by atoms with Gasteiger partial charge in [-0.25, -0.2) is 0 Å². The molecular weight excluding hydrogens is 246 g/mol. The normalized spacial score (nSPS) is 21.7. The summed E-state index contributed by atoms with van der Waals surface area (Å²) in [6, 6.07) is -0.309. The Morgan fingerprint density at radius 3 is 2.35 bits per heavy atom. The van der Waals surface area contributed by atoms with Gasteiger partial charge in [-0.05, 0) is 27.7 Å². The third-order valence-electron chi connectivity index (χ3n) is 2.39. The van der Waals surface area contributed by atoms with E-state index >= 15 is 0 Å². The highest BCUT2D eigenvalue weighted by molar-refractivity contribution is 7.87. The molecule has 1 fully saturated rings. The van der Waals surface area contributed by atoms with Crippen molar-refractivity contribution in [2.45, 2.75) is 39.3 Å². The van der Waals surface area contributed by atoms with Gasteiger partial charge in [0.25, 0.3) is 10.2 Å². The summed E-state index contributed by atoms with van der Waals surface area (Å²) in [5.74, 6) is -1.24. The van der Waals surface area contributed by atoms with Crippen molar-refractivity contribution in [3.63, 3.8) is 0 Å². The van der Waals surface area contributed by atoms with E-state index in [0.717, 1.165) is 4.31 Å². The molecule has 0 atom stereocenters. The number of rotatable bonds is 3. The van der Waals surface area contributed by atoms with E-state index in [1.807, 2.05) is 0 Å². The highest BCUT2D eigenvalue weighted by Crippen LogP contribution is 2.21. The maximum absolute atomic E-state index is 12.0. The minimum atomic E-state index is -3.85. The Kier molecular flexibility index (Phi) is 3.60. The first-order chi connectivity index (χ1) is 7.57. The van der Waals surface area contributed by atoms with E-state index < -0.39 is 27.6 Å². The van der Waals surface area contributed by atoms with Gasteiger partial charge in [0.2, 0.25) is 11.8 Å². The second-order valence-corrected chi connectivity index (χ2v) is 6.35. The van der Waals surface area contributed by atoms with Crippen molar-refractivity contribution in [2.24, 2.45) is 0 Å². The van der Waals surface area contributed by atoms with Crippen LogP contribution >= 0.6 is 0 Å². The van der Waals surface area contributed by atoms with Gasteiger partial charge in [-0.2, -0.15) is 17.4 Å². The van der Waals surface area contributed by atoms with Crippen molar-refractivity contribution in [3.05, 3.63) is 0 Å². The molecule has 1 heterocycles. The molecule has 0 saturated carbocycles. The molecule has 7 nitrogen and oxygen atoms in total. The molecule has 1 aliphatic heterocycles. The Morgan fingerprint density at radius 2 is 1.88 bits per heavy atom. The van der Waals surface area contributed by atoms with Crippen LogP contribution in [-0.2, 0) is 19.8 Å². The lowest BCUT2D eigenvalue weighted by atomic mass is 10.0. The molecule has 1 rings (SSSR count). The van der Waals surface area contributed by atoms with E-state index in [0.29, 0.717) is 0 Å². The number of nitrogens with one attached hydrogen (secondary N) is 2. The molecule has 0 unspecified atom stereocenters. The predicted octanol–water partition coefficient (Wildman–Crippen LogP) is -1.03. The predicted molar refractivity (Wildman–Crippen MR) is 61.1 cm³/mol. The van der Waals surface area contributed by atoms with E-state index in [1.165, 1.54) is 13.8 Å². The van der Waals surface area contributed by atoms with Gasteiger partial charge < -0.3 is 0 Å². The Hall–Kier alpha value is -0.990. The van der Waals surface area contributed by atoms with Crippen molar-refractivity contribution in [2.75, 3.05) is 6.54 Å². The van der Waals surface area contributed by atoms with Gasteiger partial charge in [0.1, 0.15) is 5.54 Å². The maximum Gasteiger partial charge on any atom is 0.281 e. The summed E-state index contributed by atoms with van der Waals surface area (Å²) in [4.78, 5) is 22.8. The van der Waals surface area contributed by atoms with Crippen LogP contribution in [0.25, 0.3) is 0 Å². The van der Waals surface area contributed by atoms with Gasteiger partial charge in [-0.1, -0.05) is 0 Å². The van der Waals surface area contributed by atoms with Crippen LogP contribution < -0.4 is 10.0 Å². The number of piperazine rings is 1. The Bertz CT molecular complexity index is 441. The molecule has 0 aromatic rings. The van der Waals surface area contributed by atoms with Gasteiger partial charge >= 0.3 is 0 Å². The number of nitrogens with zero attached hydrogens (tertiary/aromatic N) is 1. The lowest BCUT2D eigenvalue weighted by Crippen LogP contribution is -2.67. The first-order valence-corrected chi connectivity index (χ1v) is 6.66. The SMILES string of the molecule is CC(C)NS(=O)(=O)N1CC(=O)NC(=O)C1(C)C. The highest BCUT2D eigenvalue weighted by atomic mass is 32.2. The van der Waals surface area contributed by atoms with Crippen LogP contribution in [0.1, 0.15) is 27.7 Å². The minimum absolute atomic E-state index is 0.309. The molecule has 17 heavy (non-hydrogen) atoms. The Balaban J connectivity index is 3.10. The fourth-order valence-corrected chi connectivity index (χ4v) is 3.20. The summed E-state index contributed by atoms with van der Waals surface area (Å²) in [5.41, 5.74) is -1.28. The number of hydrogen-bond acceptors (Lipinski definition) is 4. The standard InChI is InChI=1S/C9H17N3O4S/c1-6(2)11-17(15,16)12-5-7(13)10-8(14)9(12,3)4/h6,11H,5H2,1-4H3,(H,10,13,14). The molecule has 0 bridgehead atoms. The number of carbonyl (C=O) groups is 2. The second kappa shape index (κ2) is 4.35. The molecule has 2 N–H and O–H groups in total. The van der Waals surface area contributed by atoms with E-state index in [9.17, 15) is 18.0 Å². The average Bonchev–Trinajstić information content (AvgIpc) is 2.09. The lowest BCUT2D eigenvalue weighted by molar-refractivity contribution is -0.141. The molecule has 1 saturated heterocycles. The van der Waals surface area contributed by atoms with Gasteiger partial charge in [0.15, 0.2) is 0 Å². The molecule has 0 radical (unpaired) electrons. The van der Waals surface area contributed by atoms with Crippen LogP contribution in [0, 0.1) is 0 Å². The quantitative estimate of drug-likeness (QED) is 0.636. The zero-order valence-electron chi connectivity index (χ0n) is 10.3. The maximum atomic E-state index is 12.0. The van der Waals surface area contributed by atoms with Gasteiger partial charge in [-0.15, -0.1) is 0 Å². The van der Waals surface area contributed by atoms with E-state index in [2.05, 4.69) is 10.0 Å². The molecular formula is C9H17N3O4S. The summed E-state index contributed by atoms with van der Waals surface area (Å²) >= 11 is 0. The molecule has 0 spiro atoms. The van der Waals surface area contributed by atoms with Crippen LogP contribution in [0.2, 0.25) is 0 Å². The monoisotopic (exact) mass is 263 g/mol. The summed E-state index contributed by atoms with van der Waals surface area (Å²) in [5, 5.41) is 2.11. The Labute approximate surface area is 101 Å². The van der Waals surface area contributed by atoms with E-state index in [1.54, 1.807) is 13.8 Å². The fourth-order valence-electron chi connectivity index (χ4n) is 1.51. The molecule has 0 aromatic carbocycles. The minimum Gasteiger partial charge on any atom is -0.294 e. The first-order valence-electron chi connectivity index (χ1n) is 5.22. The van der Waals surface area contributed by atoms with E-state index in [4.69, 9.17) is 0 Å². The molecule has 8 heteroatoms. The molecule has 2 amide bonds. The summed E-state index contributed by atoms with van der Waals surface area (Å²) < 4.78 is 27.2. The third kappa shape index (κ3) is 2.82. The highest BCUT2D eigenvalue weighted by Gasteiger charge is 2.47. The van der Waals surface area contributed by atoms with Gasteiger partial charge in [0.05, 0.1) is 6.54 Å². The van der Waals surface area contributed by atoms with Crippen LogP contribution in [0.15, 0.2) is 0 Å². The number of carbonyl (C=O) groups excluding carboxylic acids is 2. The molecule has 98 valence electrons. The molecule has 0 aliphatic carbocycles. The van der Waals surface area contributed by atoms with Crippen molar-refractivity contribution < 1.29 is 18.0 Å².